The first-order valence-electron chi connectivity index (χ1n) is 6.54. The van der Waals surface area contributed by atoms with Crippen molar-refractivity contribution in [3.05, 3.63) is 24.6 Å². The molecule has 1 aromatic heterocycles. The van der Waals surface area contributed by atoms with Crippen LogP contribution in [0, 0.1) is 10.1 Å². The van der Waals surface area contributed by atoms with Gasteiger partial charge < -0.3 is 15.6 Å². The summed E-state index contributed by atoms with van der Waals surface area (Å²) in [6, 6.07) is 0. The number of hydrogen-bond acceptors (Lipinski definition) is 5. The number of halogens is 3. The normalized spacial score (nSPS) is 13.0. The van der Waals surface area contributed by atoms with Crippen molar-refractivity contribution in [3.63, 3.8) is 0 Å². The molecule has 3 N–H and O–H groups in total. The lowest BCUT2D eigenvalue weighted by Crippen LogP contribution is -2.17. The van der Waals surface area contributed by atoms with Crippen molar-refractivity contribution in [2.75, 3.05) is 18.4 Å². The predicted molar refractivity (Wildman–Crippen MR) is 94.9 cm³/mol. The fourth-order valence-corrected chi connectivity index (χ4v) is 3.86. The van der Waals surface area contributed by atoms with E-state index in [1.165, 1.54) is 0 Å². The van der Waals surface area contributed by atoms with Gasteiger partial charge in [0.05, 0.1) is 10.4 Å². The highest BCUT2D eigenvalue weighted by atomic mass is 79.9. The second-order valence-electron chi connectivity index (χ2n) is 4.82. The Hall–Kier alpha value is -0.900. The Morgan fingerprint density at radius 3 is 2.77 bits per heavy atom. The van der Waals surface area contributed by atoms with Crippen molar-refractivity contribution >= 4 is 66.9 Å². The first-order chi connectivity index (χ1) is 10.1. The minimum absolute atomic E-state index is 0. The van der Waals surface area contributed by atoms with E-state index in [2.05, 4.69) is 42.2 Å². The Kier molecular flexibility index (Phi) is 5.31. The van der Waals surface area contributed by atoms with E-state index in [1.54, 1.807) is 0 Å². The lowest BCUT2D eigenvalue weighted by Gasteiger charge is -2.18. The van der Waals surface area contributed by atoms with Gasteiger partial charge in [0.2, 0.25) is 5.95 Å². The molecule has 0 radical (unpaired) electrons. The number of nitrogens with one attached hydrogen (secondary N) is 1. The van der Waals surface area contributed by atoms with E-state index in [0.29, 0.717) is 29.0 Å². The predicted octanol–water partition coefficient (Wildman–Crippen LogP) is 3.21. The first kappa shape index (κ1) is 17.5. The van der Waals surface area contributed by atoms with Gasteiger partial charge in [0.1, 0.15) is 4.47 Å². The Bertz CT molecular complexity index is 749. The maximum absolute atomic E-state index is 11.4. The number of nitrogens with two attached hydrogens (primary N) is 1. The third kappa shape index (κ3) is 2.60. The van der Waals surface area contributed by atoms with Crippen LogP contribution in [0.15, 0.2) is 8.95 Å². The Balaban J connectivity index is 0.00000176. The summed E-state index contributed by atoms with van der Waals surface area (Å²) >= 11 is 6.80. The van der Waals surface area contributed by atoms with Crippen molar-refractivity contribution < 1.29 is 4.92 Å². The van der Waals surface area contributed by atoms with Crippen LogP contribution in [0.1, 0.15) is 12.0 Å². The number of imidazole rings is 1. The fourth-order valence-electron chi connectivity index (χ4n) is 2.71. The van der Waals surface area contributed by atoms with Gasteiger partial charge in [-0.15, -0.1) is 12.4 Å². The zero-order valence-corrected chi connectivity index (χ0v) is 15.4. The van der Waals surface area contributed by atoms with E-state index < -0.39 is 4.92 Å². The average molecular weight is 456 g/mol. The third-order valence-corrected chi connectivity index (χ3v) is 5.74. The molecule has 1 aliphatic heterocycles. The molecule has 1 aliphatic rings. The van der Waals surface area contributed by atoms with Crippen molar-refractivity contribution in [3.8, 4) is 0 Å². The van der Waals surface area contributed by atoms with Gasteiger partial charge in [0.15, 0.2) is 5.52 Å². The monoisotopic (exact) mass is 453 g/mol. The van der Waals surface area contributed by atoms with E-state index >= 15 is 0 Å². The lowest BCUT2D eigenvalue weighted by molar-refractivity contribution is -0.384. The topological polar surface area (TPSA) is 99.0 Å². The summed E-state index contributed by atoms with van der Waals surface area (Å²) < 4.78 is 3.20. The third-order valence-electron chi connectivity index (χ3n) is 3.56. The second-order valence-corrected chi connectivity index (χ2v) is 6.40. The van der Waals surface area contributed by atoms with Crippen LogP contribution in [-0.4, -0.2) is 27.6 Å². The summed E-state index contributed by atoms with van der Waals surface area (Å²) in [7, 11) is 0. The highest BCUT2D eigenvalue weighted by molar-refractivity contribution is 9.13. The molecule has 0 fully saturated rings. The molecule has 2 heterocycles. The van der Waals surface area contributed by atoms with Crippen LogP contribution in [0.4, 0.5) is 11.6 Å². The maximum atomic E-state index is 11.4. The fraction of sp³-hybridized carbons (Fsp3) is 0.417. The van der Waals surface area contributed by atoms with E-state index in [4.69, 9.17) is 5.73 Å². The summed E-state index contributed by atoms with van der Waals surface area (Å²) in [6.07, 6.45) is 1.84. The summed E-state index contributed by atoms with van der Waals surface area (Å²) in [5.74, 6) is 0.643. The SMILES string of the molecule is Cl.NCCNc1nc2c([N+](=O)[O-])c(Br)c(Br)c3c2n1CCC3. The van der Waals surface area contributed by atoms with Crippen molar-refractivity contribution in [2.24, 2.45) is 5.73 Å². The molecule has 0 spiro atoms. The molecule has 0 aliphatic carbocycles. The van der Waals surface area contributed by atoms with Crippen LogP contribution in [0.3, 0.4) is 0 Å². The molecule has 0 saturated carbocycles. The number of nitrogens with zero attached hydrogens (tertiary/aromatic N) is 3. The highest BCUT2D eigenvalue weighted by Gasteiger charge is 2.30. The molecule has 0 saturated heterocycles. The van der Waals surface area contributed by atoms with Crippen molar-refractivity contribution in [1.29, 1.82) is 0 Å². The number of hydrogen-bond donors (Lipinski definition) is 2. The Labute approximate surface area is 149 Å². The second kappa shape index (κ2) is 6.69. The van der Waals surface area contributed by atoms with Gasteiger partial charge in [0.25, 0.3) is 0 Å². The minimum Gasteiger partial charge on any atom is -0.354 e. The number of rotatable bonds is 4. The van der Waals surface area contributed by atoms with Crippen LogP contribution in [0.5, 0.6) is 0 Å². The molecular formula is C12H14Br2ClN5O2. The molecule has 3 rings (SSSR count). The zero-order valence-electron chi connectivity index (χ0n) is 11.4. The number of aryl methyl sites for hydroxylation is 2. The number of aromatic nitrogens is 2. The molecule has 7 nitrogen and oxygen atoms in total. The smallest absolute Gasteiger partial charge is 0.312 e. The number of nitro benzene ring substituents is 1. The Morgan fingerprint density at radius 2 is 2.14 bits per heavy atom. The molecule has 0 bridgehead atoms. The van der Waals surface area contributed by atoms with Crippen LogP contribution < -0.4 is 11.1 Å². The van der Waals surface area contributed by atoms with E-state index in [9.17, 15) is 10.1 Å². The first-order valence-corrected chi connectivity index (χ1v) is 8.13. The van der Waals surface area contributed by atoms with Crippen LogP contribution in [0.25, 0.3) is 11.0 Å². The van der Waals surface area contributed by atoms with Gasteiger partial charge in [-0.3, -0.25) is 10.1 Å². The molecular weight excluding hydrogens is 441 g/mol. The summed E-state index contributed by atoms with van der Waals surface area (Å²) in [4.78, 5) is 15.5. The molecule has 2 aromatic rings. The summed E-state index contributed by atoms with van der Waals surface area (Å²) in [5, 5.41) is 14.5. The highest BCUT2D eigenvalue weighted by Crippen LogP contribution is 2.44. The van der Waals surface area contributed by atoms with Gasteiger partial charge in [-0.2, -0.15) is 0 Å². The largest absolute Gasteiger partial charge is 0.354 e. The van der Waals surface area contributed by atoms with Gasteiger partial charge in [0, 0.05) is 24.1 Å². The molecule has 10 heteroatoms. The van der Waals surface area contributed by atoms with Gasteiger partial charge in [-0.25, -0.2) is 4.98 Å². The zero-order chi connectivity index (χ0) is 15.1. The summed E-state index contributed by atoms with van der Waals surface area (Å²) in [6.45, 7) is 1.85. The van der Waals surface area contributed by atoms with E-state index in [1.807, 2.05) is 4.57 Å². The van der Waals surface area contributed by atoms with Gasteiger partial charge >= 0.3 is 5.69 Å². The number of nitro groups is 1. The van der Waals surface area contributed by atoms with Gasteiger partial charge in [-0.05, 0) is 50.3 Å². The molecule has 0 atom stereocenters. The van der Waals surface area contributed by atoms with E-state index in [0.717, 1.165) is 34.9 Å². The molecule has 120 valence electrons. The van der Waals surface area contributed by atoms with Crippen LogP contribution in [-0.2, 0) is 13.0 Å². The molecule has 1 aromatic carbocycles. The maximum Gasteiger partial charge on any atom is 0.312 e. The number of benzene rings is 1. The Morgan fingerprint density at radius 1 is 1.41 bits per heavy atom. The molecule has 22 heavy (non-hydrogen) atoms. The lowest BCUT2D eigenvalue weighted by atomic mass is 10.0. The quantitative estimate of drug-likeness (QED) is 0.545. The van der Waals surface area contributed by atoms with Crippen molar-refractivity contribution in [1.82, 2.24) is 9.55 Å². The van der Waals surface area contributed by atoms with Crippen LogP contribution >= 0.6 is 44.3 Å². The van der Waals surface area contributed by atoms with Crippen molar-refractivity contribution in [2.45, 2.75) is 19.4 Å². The standard InChI is InChI=1S/C12H13Br2N5O2.ClH/c13-7-6-2-1-5-18-10(6)9(11(8(7)14)19(20)21)17-12(18)16-4-3-15;/h1-5,15H2,(H,16,17);1H. The van der Waals surface area contributed by atoms with Crippen LogP contribution in [0.2, 0.25) is 0 Å². The minimum atomic E-state index is -0.396. The molecule has 0 amide bonds. The van der Waals surface area contributed by atoms with E-state index in [-0.39, 0.29) is 18.1 Å². The molecule has 0 unspecified atom stereocenters. The number of anilines is 1. The summed E-state index contributed by atoms with van der Waals surface area (Å²) in [5.41, 5.74) is 7.82. The van der Waals surface area contributed by atoms with Gasteiger partial charge in [-0.1, -0.05) is 0 Å². The average Bonchev–Trinajstić information content (AvgIpc) is 2.82.